The molecule has 21 heavy (non-hydrogen) atoms. The molecule has 1 amide bonds. The molecule has 0 aliphatic carbocycles. The average Bonchev–Trinajstić information content (AvgIpc) is 2.41. The van der Waals surface area contributed by atoms with E-state index in [2.05, 4.69) is 5.32 Å². The summed E-state index contributed by atoms with van der Waals surface area (Å²) in [5.41, 5.74) is 4.28. The molecule has 110 valence electrons. The second-order valence-corrected chi connectivity index (χ2v) is 4.27. The number of rotatable bonds is 2. The molecule has 0 aliphatic rings. The van der Waals surface area contributed by atoms with Crippen LogP contribution in [0.5, 0.6) is 0 Å². The summed E-state index contributed by atoms with van der Waals surface area (Å²) in [5, 5.41) is 2.20. The molecule has 3 nitrogen and oxygen atoms in total. The highest BCUT2D eigenvalue weighted by molar-refractivity contribution is 6.05. The number of nitrogens with two attached hydrogens (primary N) is 1. The molecule has 0 bridgehead atoms. The first-order valence-corrected chi connectivity index (χ1v) is 5.81. The summed E-state index contributed by atoms with van der Waals surface area (Å²) < 4.78 is 51.2. The molecule has 0 aliphatic heterocycles. The van der Waals surface area contributed by atoms with Crippen LogP contribution >= 0.6 is 0 Å². The van der Waals surface area contributed by atoms with Gasteiger partial charge in [0.1, 0.15) is 5.82 Å². The fourth-order valence-electron chi connectivity index (χ4n) is 1.69. The first kappa shape index (κ1) is 14.8. The number of benzene rings is 2. The Morgan fingerprint density at radius 2 is 1.81 bits per heavy atom. The van der Waals surface area contributed by atoms with Crippen LogP contribution in [-0.2, 0) is 6.18 Å². The van der Waals surface area contributed by atoms with Crippen LogP contribution in [0.15, 0.2) is 42.5 Å². The van der Waals surface area contributed by atoms with E-state index in [1.807, 2.05) is 0 Å². The van der Waals surface area contributed by atoms with Crippen molar-refractivity contribution in [2.45, 2.75) is 6.18 Å². The molecule has 2 aromatic carbocycles. The van der Waals surface area contributed by atoms with Crippen molar-refractivity contribution < 1.29 is 22.4 Å². The van der Waals surface area contributed by atoms with Gasteiger partial charge in [-0.3, -0.25) is 4.79 Å². The number of hydrogen-bond acceptors (Lipinski definition) is 2. The highest BCUT2D eigenvalue weighted by Crippen LogP contribution is 2.30. The largest absolute Gasteiger partial charge is 0.416 e. The molecule has 0 radical (unpaired) electrons. The van der Waals surface area contributed by atoms with Gasteiger partial charge in [0.2, 0.25) is 0 Å². The summed E-state index contributed by atoms with van der Waals surface area (Å²) in [4.78, 5) is 11.9. The van der Waals surface area contributed by atoms with Crippen molar-refractivity contribution in [1.82, 2.24) is 0 Å². The van der Waals surface area contributed by atoms with Gasteiger partial charge in [0.25, 0.3) is 5.91 Å². The summed E-state index contributed by atoms with van der Waals surface area (Å²) in [5.74, 6) is -1.69. The van der Waals surface area contributed by atoms with E-state index in [4.69, 9.17) is 5.73 Å². The minimum atomic E-state index is -4.52. The standard InChI is InChI=1S/C14H10F4N2O/c15-12-5-4-9(19)7-11(12)13(21)20-10-3-1-2-8(6-10)14(16,17)18/h1-7H,19H2,(H,20,21). The normalized spacial score (nSPS) is 11.2. The number of amides is 1. The monoisotopic (exact) mass is 298 g/mol. The maximum atomic E-state index is 13.5. The third-order valence-electron chi connectivity index (χ3n) is 2.68. The van der Waals surface area contributed by atoms with Crippen LogP contribution in [0.4, 0.5) is 28.9 Å². The van der Waals surface area contributed by atoms with Crippen molar-refractivity contribution in [3.05, 3.63) is 59.4 Å². The molecule has 2 rings (SSSR count). The molecular weight excluding hydrogens is 288 g/mol. The Morgan fingerprint density at radius 3 is 2.48 bits per heavy atom. The van der Waals surface area contributed by atoms with Crippen LogP contribution in [0.1, 0.15) is 15.9 Å². The van der Waals surface area contributed by atoms with Crippen molar-refractivity contribution in [2.24, 2.45) is 0 Å². The second kappa shape index (κ2) is 5.43. The molecule has 0 fully saturated rings. The van der Waals surface area contributed by atoms with Crippen LogP contribution in [0, 0.1) is 5.82 Å². The smallest absolute Gasteiger partial charge is 0.399 e. The van der Waals surface area contributed by atoms with Gasteiger partial charge in [0.15, 0.2) is 0 Å². The number of carbonyl (C=O) groups excluding carboxylic acids is 1. The van der Waals surface area contributed by atoms with Crippen LogP contribution in [0.3, 0.4) is 0 Å². The lowest BCUT2D eigenvalue weighted by atomic mass is 10.1. The predicted molar refractivity (Wildman–Crippen MR) is 70.2 cm³/mol. The molecule has 0 atom stereocenters. The van der Waals surface area contributed by atoms with Crippen molar-refractivity contribution in [3.8, 4) is 0 Å². The van der Waals surface area contributed by atoms with Gasteiger partial charge in [-0.25, -0.2) is 4.39 Å². The van der Waals surface area contributed by atoms with Crippen molar-refractivity contribution in [1.29, 1.82) is 0 Å². The number of nitrogens with one attached hydrogen (secondary N) is 1. The maximum absolute atomic E-state index is 13.5. The van der Waals surface area contributed by atoms with E-state index in [1.54, 1.807) is 0 Å². The van der Waals surface area contributed by atoms with E-state index >= 15 is 0 Å². The van der Waals surface area contributed by atoms with Crippen molar-refractivity contribution in [3.63, 3.8) is 0 Å². The SMILES string of the molecule is Nc1ccc(F)c(C(=O)Nc2cccc(C(F)(F)F)c2)c1. The Morgan fingerprint density at radius 1 is 1.10 bits per heavy atom. The van der Waals surface area contributed by atoms with E-state index in [-0.39, 0.29) is 16.9 Å². The summed E-state index contributed by atoms with van der Waals surface area (Å²) in [6.45, 7) is 0. The summed E-state index contributed by atoms with van der Waals surface area (Å²) in [6, 6.07) is 7.45. The van der Waals surface area contributed by atoms with Gasteiger partial charge in [-0.2, -0.15) is 13.2 Å². The maximum Gasteiger partial charge on any atom is 0.416 e. The third-order valence-corrected chi connectivity index (χ3v) is 2.68. The lowest BCUT2D eigenvalue weighted by molar-refractivity contribution is -0.137. The Labute approximate surface area is 117 Å². The zero-order chi connectivity index (χ0) is 15.6. The average molecular weight is 298 g/mol. The van der Waals surface area contributed by atoms with Gasteiger partial charge in [0.05, 0.1) is 11.1 Å². The van der Waals surface area contributed by atoms with Crippen LogP contribution in [0.25, 0.3) is 0 Å². The van der Waals surface area contributed by atoms with E-state index in [0.717, 1.165) is 30.3 Å². The minimum Gasteiger partial charge on any atom is -0.399 e. The van der Waals surface area contributed by atoms with Gasteiger partial charge >= 0.3 is 6.18 Å². The highest BCUT2D eigenvalue weighted by atomic mass is 19.4. The first-order valence-electron chi connectivity index (χ1n) is 5.81. The molecule has 0 aromatic heterocycles. The second-order valence-electron chi connectivity index (χ2n) is 4.27. The van der Waals surface area contributed by atoms with Gasteiger partial charge in [0, 0.05) is 11.4 Å². The van der Waals surface area contributed by atoms with E-state index < -0.39 is 23.5 Å². The Balaban J connectivity index is 2.26. The first-order chi connectivity index (χ1) is 9.77. The van der Waals surface area contributed by atoms with Gasteiger partial charge < -0.3 is 11.1 Å². The Hall–Kier alpha value is -2.57. The molecule has 0 unspecified atom stereocenters. The molecule has 0 spiro atoms. The van der Waals surface area contributed by atoms with Crippen molar-refractivity contribution >= 4 is 17.3 Å². The molecule has 3 N–H and O–H groups in total. The fraction of sp³-hybridized carbons (Fsp3) is 0.0714. The highest BCUT2D eigenvalue weighted by Gasteiger charge is 2.30. The van der Waals surface area contributed by atoms with E-state index in [1.165, 1.54) is 12.1 Å². The molecule has 2 aromatic rings. The lowest BCUT2D eigenvalue weighted by Gasteiger charge is -2.10. The molecule has 0 saturated heterocycles. The summed E-state index contributed by atoms with van der Waals surface area (Å²) in [7, 11) is 0. The molecule has 0 saturated carbocycles. The van der Waals surface area contributed by atoms with Crippen LogP contribution in [0.2, 0.25) is 0 Å². The van der Waals surface area contributed by atoms with Crippen molar-refractivity contribution in [2.75, 3.05) is 11.1 Å². The molecule has 0 heterocycles. The predicted octanol–water partition coefficient (Wildman–Crippen LogP) is 3.68. The number of nitrogen functional groups attached to an aromatic ring is 1. The fourth-order valence-corrected chi connectivity index (χ4v) is 1.69. The summed E-state index contributed by atoms with van der Waals surface area (Å²) >= 11 is 0. The Bertz CT molecular complexity index is 683. The van der Waals surface area contributed by atoms with Gasteiger partial charge in [-0.1, -0.05) is 6.07 Å². The molecule has 7 heteroatoms. The summed E-state index contributed by atoms with van der Waals surface area (Å²) in [6.07, 6.45) is -4.52. The quantitative estimate of drug-likeness (QED) is 0.656. The third kappa shape index (κ3) is 3.50. The van der Waals surface area contributed by atoms with E-state index in [9.17, 15) is 22.4 Å². The zero-order valence-electron chi connectivity index (χ0n) is 10.5. The number of halogens is 4. The van der Waals surface area contributed by atoms with Crippen LogP contribution < -0.4 is 11.1 Å². The van der Waals surface area contributed by atoms with Gasteiger partial charge in [-0.15, -0.1) is 0 Å². The number of anilines is 2. The number of carbonyl (C=O) groups is 1. The van der Waals surface area contributed by atoms with Crippen LogP contribution in [-0.4, -0.2) is 5.91 Å². The molecular formula is C14H10F4N2O. The lowest BCUT2D eigenvalue weighted by Crippen LogP contribution is -2.15. The Kier molecular flexibility index (Phi) is 3.84. The minimum absolute atomic E-state index is 0.0864. The number of alkyl halides is 3. The van der Waals surface area contributed by atoms with E-state index in [0.29, 0.717) is 0 Å². The topological polar surface area (TPSA) is 55.1 Å². The zero-order valence-corrected chi connectivity index (χ0v) is 10.5. The number of hydrogen-bond donors (Lipinski definition) is 2. The van der Waals surface area contributed by atoms with Gasteiger partial charge in [-0.05, 0) is 36.4 Å².